The van der Waals surface area contributed by atoms with Crippen LogP contribution < -0.4 is 10.6 Å². The van der Waals surface area contributed by atoms with Crippen LogP contribution in [0.3, 0.4) is 0 Å². The van der Waals surface area contributed by atoms with Crippen LogP contribution in [-0.4, -0.2) is 40.2 Å². The molecule has 1 aromatic carbocycles. The molecule has 1 unspecified atom stereocenters. The summed E-state index contributed by atoms with van der Waals surface area (Å²) in [6.45, 7) is 0.599. The van der Waals surface area contributed by atoms with Gasteiger partial charge in [0.2, 0.25) is 0 Å². The van der Waals surface area contributed by atoms with E-state index >= 15 is 0 Å². The van der Waals surface area contributed by atoms with E-state index in [4.69, 9.17) is 4.84 Å². The van der Waals surface area contributed by atoms with Crippen molar-refractivity contribution >= 4 is 17.4 Å². The molecule has 10 heteroatoms. The molecular formula is C21H20F3N5O2. The monoisotopic (exact) mass is 431 g/mol. The van der Waals surface area contributed by atoms with E-state index in [1.807, 2.05) is 49.0 Å². The van der Waals surface area contributed by atoms with Gasteiger partial charge in [-0.15, -0.1) is 0 Å². The molecule has 162 valence electrons. The molecule has 1 aliphatic rings. The van der Waals surface area contributed by atoms with Gasteiger partial charge in [0, 0.05) is 30.7 Å². The molecule has 0 aliphatic carbocycles. The van der Waals surface area contributed by atoms with Gasteiger partial charge in [0.15, 0.2) is 0 Å². The molecule has 7 nitrogen and oxygen atoms in total. The number of nitrogens with one attached hydrogen (secondary N) is 2. The maximum absolute atomic E-state index is 12.3. The van der Waals surface area contributed by atoms with E-state index in [0.717, 1.165) is 28.0 Å². The number of amides is 2. The molecule has 3 aromatic rings. The number of fused-ring (bicyclic) bond motifs is 1. The highest BCUT2D eigenvalue weighted by molar-refractivity contribution is 5.90. The Morgan fingerprint density at radius 3 is 2.77 bits per heavy atom. The van der Waals surface area contributed by atoms with Gasteiger partial charge < -0.3 is 10.6 Å². The number of anilines is 1. The number of hydrogen-bond acceptors (Lipinski definition) is 4. The Morgan fingerprint density at radius 1 is 1.26 bits per heavy atom. The second-order valence-electron chi connectivity index (χ2n) is 7.24. The Bertz CT molecular complexity index is 1160. The number of rotatable bonds is 4. The molecule has 0 fully saturated rings. The number of carbonyl (C=O) groups is 1. The smallest absolute Gasteiger partial charge is 0.329 e. The van der Waals surface area contributed by atoms with Crippen LogP contribution in [0.15, 0.2) is 60.6 Å². The van der Waals surface area contributed by atoms with Crippen LogP contribution in [0.4, 0.5) is 23.7 Å². The number of aromatic nitrogens is 2. The molecule has 31 heavy (non-hydrogen) atoms. The second kappa shape index (κ2) is 7.95. The Labute approximate surface area is 176 Å². The fourth-order valence-corrected chi connectivity index (χ4v) is 3.44. The first kappa shape index (κ1) is 20.7. The molecule has 2 amide bonds. The number of pyridine rings is 1. The minimum absolute atomic E-state index is 0.169. The number of urea groups is 1. The average Bonchev–Trinajstić information content (AvgIpc) is 3.28. The zero-order valence-corrected chi connectivity index (χ0v) is 16.8. The summed E-state index contributed by atoms with van der Waals surface area (Å²) in [5.74, 6) is 0. The van der Waals surface area contributed by atoms with E-state index in [9.17, 15) is 18.0 Å². The third-order valence-corrected chi connectivity index (χ3v) is 4.78. The molecule has 4 rings (SSSR count). The SMILES string of the molecule is CC1=CN(C)OC1c1ccn2c(-c3cccc(NC(=O)NCC(F)(F)F)c3)cnc2c1. The van der Waals surface area contributed by atoms with Crippen molar-refractivity contribution in [1.82, 2.24) is 19.8 Å². The highest BCUT2D eigenvalue weighted by Crippen LogP contribution is 2.33. The molecule has 3 heterocycles. The summed E-state index contributed by atoms with van der Waals surface area (Å²) in [6.07, 6.45) is 0.874. The standard InChI is InChI=1S/C21H20F3N5O2/c1-13-11-28(2)31-19(13)15-6-7-29-17(10-25-18(29)9-15)14-4-3-5-16(8-14)27-20(30)26-12-21(22,23)24/h3-11,19H,12H2,1-2H3,(H2,26,27,30). The van der Waals surface area contributed by atoms with E-state index in [2.05, 4.69) is 10.3 Å². The van der Waals surface area contributed by atoms with E-state index in [0.29, 0.717) is 5.69 Å². The Kier molecular flexibility index (Phi) is 5.32. The first-order chi connectivity index (χ1) is 14.7. The van der Waals surface area contributed by atoms with Gasteiger partial charge >= 0.3 is 12.2 Å². The molecule has 1 aliphatic heterocycles. The number of halogens is 3. The lowest BCUT2D eigenvalue weighted by Gasteiger charge is -2.15. The highest BCUT2D eigenvalue weighted by Gasteiger charge is 2.27. The highest BCUT2D eigenvalue weighted by atomic mass is 19.4. The van der Waals surface area contributed by atoms with E-state index in [-0.39, 0.29) is 6.10 Å². The summed E-state index contributed by atoms with van der Waals surface area (Å²) in [5.41, 5.74) is 4.67. The Balaban J connectivity index is 1.55. The van der Waals surface area contributed by atoms with E-state index in [1.165, 1.54) is 0 Å². The lowest BCUT2D eigenvalue weighted by Crippen LogP contribution is -2.36. The van der Waals surface area contributed by atoms with Crippen molar-refractivity contribution in [1.29, 1.82) is 0 Å². The fraction of sp³-hybridized carbons (Fsp3) is 0.238. The summed E-state index contributed by atoms with van der Waals surface area (Å²) in [7, 11) is 1.83. The van der Waals surface area contributed by atoms with Crippen LogP contribution in [0.1, 0.15) is 18.6 Å². The summed E-state index contributed by atoms with van der Waals surface area (Å²) in [4.78, 5) is 22.0. The minimum atomic E-state index is -4.47. The van der Waals surface area contributed by atoms with Crippen molar-refractivity contribution in [3.63, 3.8) is 0 Å². The normalized spacial score (nSPS) is 16.5. The summed E-state index contributed by atoms with van der Waals surface area (Å²) >= 11 is 0. The lowest BCUT2D eigenvalue weighted by molar-refractivity contribution is -0.122. The van der Waals surface area contributed by atoms with Crippen LogP contribution in [0, 0.1) is 0 Å². The van der Waals surface area contributed by atoms with Crippen LogP contribution in [0.25, 0.3) is 16.9 Å². The number of hydrogen-bond donors (Lipinski definition) is 2. The molecule has 0 saturated heterocycles. The van der Waals surface area contributed by atoms with Gasteiger partial charge in [0.25, 0.3) is 0 Å². The predicted molar refractivity (Wildman–Crippen MR) is 109 cm³/mol. The zero-order chi connectivity index (χ0) is 22.2. The number of benzene rings is 1. The maximum atomic E-state index is 12.3. The third kappa shape index (κ3) is 4.64. The molecular weight excluding hydrogens is 411 g/mol. The van der Waals surface area contributed by atoms with E-state index in [1.54, 1.807) is 34.8 Å². The third-order valence-electron chi connectivity index (χ3n) is 4.78. The van der Waals surface area contributed by atoms with Gasteiger partial charge in [-0.05, 0) is 42.3 Å². The molecule has 0 saturated carbocycles. The van der Waals surface area contributed by atoms with Crippen LogP contribution in [-0.2, 0) is 4.84 Å². The van der Waals surface area contributed by atoms with Gasteiger partial charge in [-0.1, -0.05) is 12.1 Å². The van der Waals surface area contributed by atoms with Crippen molar-refractivity contribution in [3.8, 4) is 11.3 Å². The van der Waals surface area contributed by atoms with Crippen molar-refractivity contribution < 1.29 is 22.8 Å². The molecule has 2 aromatic heterocycles. The average molecular weight is 431 g/mol. The zero-order valence-electron chi connectivity index (χ0n) is 16.8. The van der Waals surface area contributed by atoms with Crippen LogP contribution >= 0.6 is 0 Å². The van der Waals surface area contributed by atoms with Crippen molar-refractivity contribution in [2.24, 2.45) is 0 Å². The van der Waals surface area contributed by atoms with Crippen molar-refractivity contribution in [2.45, 2.75) is 19.2 Å². The summed E-state index contributed by atoms with van der Waals surface area (Å²) < 4.78 is 38.7. The van der Waals surface area contributed by atoms with Crippen LogP contribution in [0.5, 0.6) is 0 Å². The Hall–Kier alpha value is -3.53. The molecule has 0 radical (unpaired) electrons. The largest absolute Gasteiger partial charge is 0.405 e. The number of hydroxylamine groups is 2. The quantitative estimate of drug-likeness (QED) is 0.638. The molecule has 2 N–H and O–H groups in total. The minimum Gasteiger partial charge on any atom is -0.329 e. The van der Waals surface area contributed by atoms with Crippen molar-refractivity contribution in [2.75, 3.05) is 18.9 Å². The number of alkyl halides is 3. The maximum Gasteiger partial charge on any atom is 0.405 e. The number of nitrogens with zero attached hydrogens (tertiary/aromatic N) is 3. The molecule has 0 spiro atoms. The number of carbonyl (C=O) groups excluding carboxylic acids is 1. The first-order valence-electron chi connectivity index (χ1n) is 9.46. The number of imidazole rings is 1. The Morgan fingerprint density at radius 2 is 2.06 bits per heavy atom. The van der Waals surface area contributed by atoms with Gasteiger partial charge in [-0.3, -0.25) is 14.3 Å². The molecule has 1 atom stereocenters. The van der Waals surface area contributed by atoms with Gasteiger partial charge in [-0.25, -0.2) is 9.78 Å². The van der Waals surface area contributed by atoms with Crippen LogP contribution in [0.2, 0.25) is 0 Å². The van der Waals surface area contributed by atoms with Gasteiger partial charge in [0.1, 0.15) is 18.3 Å². The van der Waals surface area contributed by atoms with Gasteiger partial charge in [-0.2, -0.15) is 13.2 Å². The first-order valence-corrected chi connectivity index (χ1v) is 9.46. The summed E-state index contributed by atoms with van der Waals surface area (Å²) in [6, 6.07) is 9.77. The second-order valence-corrected chi connectivity index (χ2v) is 7.24. The lowest BCUT2D eigenvalue weighted by atomic mass is 10.1. The summed E-state index contributed by atoms with van der Waals surface area (Å²) in [5, 5.41) is 5.87. The molecule has 0 bridgehead atoms. The fourth-order valence-electron chi connectivity index (χ4n) is 3.44. The topological polar surface area (TPSA) is 70.9 Å². The van der Waals surface area contributed by atoms with E-state index < -0.39 is 18.8 Å². The predicted octanol–water partition coefficient (Wildman–Crippen LogP) is 4.51. The van der Waals surface area contributed by atoms with Crippen molar-refractivity contribution in [3.05, 3.63) is 66.1 Å². The van der Waals surface area contributed by atoms with Gasteiger partial charge in [0.05, 0.1) is 11.9 Å².